The largest absolute Gasteiger partial charge is 0.492 e. The molecule has 1 heterocycles. The van der Waals surface area contributed by atoms with Gasteiger partial charge < -0.3 is 9.47 Å². The van der Waals surface area contributed by atoms with Gasteiger partial charge in [0.1, 0.15) is 0 Å². The quantitative estimate of drug-likeness (QED) is 0.392. The topological polar surface area (TPSA) is 51.1 Å². The first-order chi connectivity index (χ1) is 13.8. The van der Waals surface area contributed by atoms with Crippen LogP contribution in [0.25, 0.3) is 6.08 Å². The lowest BCUT2D eigenvalue weighted by atomic mass is 10.2. The molecule has 0 unspecified atom stereocenters. The van der Waals surface area contributed by atoms with E-state index in [1.54, 1.807) is 20.2 Å². The molecule has 5 nitrogen and oxygen atoms in total. The van der Waals surface area contributed by atoms with Crippen LogP contribution in [0.2, 0.25) is 5.02 Å². The second-order valence-electron chi connectivity index (χ2n) is 5.93. The molecule has 0 atom stereocenters. The van der Waals surface area contributed by atoms with Crippen LogP contribution in [0.5, 0.6) is 11.5 Å². The minimum atomic E-state index is -0.123. The number of amidine groups is 1. The third-order valence-electron chi connectivity index (χ3n) is 3.97. The van der Waals surface area contributed by atoms with E-state index >= 15 is 0 Å². The molecule has 1 aliphatic heterocycles. The SMILES string of the molecule is CCOc1cc(/C=C2/SC(=Nc3ccc(Br)c(Cl)c3)N(C)C2=O)cc(Br)c1OC. The second-order valence-corrected chi connectivity index (χ2v) is 9.06. The zero-order chi connectivity index (χ0) is 21.1. The third kappa shape index (κ3) is 4.99. The molecule has 0 saturated carbocycles. The summed E-state index contributed by atoms with van der Waals surface area (Å²) in [5, 5.41) is 1.14. The van der Waals surface area contributed by atoms with Gasteiger partial charge in [-0.3, -0.25) is 9.69 Å². The van der Waals surface area contributed by atoms with Crippen LogP contribution in [0, 0.1) is 0 Å². The number of thioether (sulfide) groups is 1. The summed E-state index contributed by atoms with van der Waals surface area (Å²) in [6.45, 7) is 2.41. The number of methoxy groups -OCH3 is 1. The summed E-state index contributed by atoms with van der Waals surface area (Å²) in [7, 11) is 3.29. The molecule has 9 heteroatoms. The zero-order valence-corrected chi connectivity index (χ0v) is 20.6. The summed E-state index contributed by atoms with van der Waals surface area (Å²) in [6.07, 6.45) is 1.81. The normalized spacial score (nSPS) is 16.8. The molecule has 29 heavy (non-hydrogen) atoms. The van der Waals surface area contributed by atoms with E-state index in [1.165, 1.54) is 16.7 Å². The minimum absolute atomic E-state index is 0.123. The van der Waals surface area contributed by atoms with Crippen molar-refractivity contribution in [2.75, 3.05) is 20.8 Å². The zero-order valence-electron chi connectivity index (χ0n) is 15.8. The fraction of sp³-hybridized carbons (Fsp3) is 0.200. The Morgan fingerprint density at radius 3 is 2.66 bits per heavy atom. The Morgan fingerprint density at radius 2 is 2.00 bits per heavy atom. The van der Waals surface area contributed by atoms with Crippen molar-refractivity contribution in [1.29, 1.82) is 0 Å². The molecule has 0 aliphatic carbocycles. The average molecular weight is 561 g/mol. The Labute approximate surface area is 195 Å². The molecule has 2 aromatic rings. The summed E-state index contributed by atoms with van der Waals surface area (Å²) in [6, 6.07) is 9.13. The van der Waals surface area contributed by atoms with Crippen molar-refractivity contribution in [2.24, 2.45) is 4.99 Å². The van der Waals surface area contributed by atoms with Gasteiger partial charge in [-0.05, 0) is 92.5 Å². The second kappa shape index (κ2) is 9.55. The summed E-state index contributed by atoms with van der Waals surface area (Å²) in [5.41, 5.74) is 1.49. The molecule has 3 rings (SSSR count). The van der Waals surface area contributed by atoms with E-state index in [2.05, 4.69) is 36.9 Å². The predicted octanol–water partition coefficient (Wildman–Crippen LogP) is 6.51. The van der Waals surface area contributed by atoms with Gasteiger partial charge in [0.25, 0.3) is 5.91 Å². The van der Waals surface area contributed by atoms with Gasteiger partial charge >= 0.3 is 0 Å². The molecule has 1 amide bonds. The first-order valence-electron chi connectivity index (χ1n) is 8.55. The molecular formula is C20H17Br2ClN2O3S. The molecule has 152 valence electrons. The molecular weight excluding hydrogens is 544 g/mol. The maximum absolute atomic E-state index is 12.7. The van der Waals surface area contributed by atoms with E-state index < -0.39 is 0 Å². The minimum Gasteiger partial charge on any atom is -0.492 e. The lowest BCUT2D eigenvalue weighted by Crippen LogP contribution is -2.23. The maximum Gasteiger partial charge on any atom is 0.266 e. The first kappa shape index (κ1) is 22.2. The molecule has 1 aliphatic rings. The molecule has 0 bridgehead atoms. The van der Waals surface area contributed by atoms with Crippen molar-refractivity contribution < 1.29 is 14.3 Å². The number of carbonyl (C=O) groups excluding carboxylic acids is 1. The van der Waals surface area contributed by atoms with Crippen LogP contribution >= 0.6 is 55.2 Å². The van der Waals surface area contributed by atoms with E-state index in [-0.39, 0.29) is 5.91 Å². The molecule has 0 N–H and O–H groups in total. The number of amides is 1. The van der Waals surface area contributed by atoms with Crippen molar-refractivity contribution >= 4 is 78.1 Å². The Kier molecular flexibility index (Phi) is 7.32. The molecule has 0 radical (unpaired) electrons. The molecule has 1 saturated heterocycles. The summed E-state index contributed by atoms with van der Waals surface area (Å²) in [5.74, 6) is 1.10. The van der Waals surface area contributed by atoms with Crippen LogP contribution in [0.4, 0.5) is 5.69 Å². The number of rotatable bonds is 5. The lowest BCUT2D eigenvalue weighted by molar-refractivity contribution is -0.121. The van der Waals surface area contributed by atoms with E-state index in [9.17, 15) is 4.79 Å². The Balaban J connectivity index is 1.94. The highest BCUT2D eigenvalue weighted by Crippen LogP contribution is 2.39. The summed E-state index contributed by atoms with van der Waals surface area (Å²) < 4.78 is 12.6. The number of hydrogen-bond acceptors (Lipinski definition) is 5. The number of ether oxygens (including phenoxy) is 2. The van der Waals surface area contributed by atoms with E-state index in [0.717, 1.165) is 14.5 Å². The van der Waals surface area contributed by atoms with E-state index in [1.807, 2.05) is 37.3 Å². The van der Waals surface area contributed by atoms with Crippen LogP contribution in [-0.2, 0) is 4.79 Å². The standard InChI is InChI=1S/C20H17Br2ClN2O3S/c1-4-28-16-8-11(7-14(22)18(16)27-3)9-17-19(26)25(2)20(29-17)24-12-5-6-13(21)15(23)10-12/h5-10H,4H2,1-3H3/b17-9+,24-20?. The maximum atomic E-state index is 12.7. The molecule has 0 spiro atoms. The fourth-order valence-electron chi connectivity index (χ4n) is 2.60. The van der Waals surface area contributed by atoms with Gasteiger partial charge in [0, 0.05) is 11.5 Å². The highest BCUT2D eigenvalue weighted by Gasteiger charge is 2.30. The predicted molar refractivity (Wildman–Crippen MR) is 126 cm³/mol. The Morgan fingerprint density at radius 1 is 1.24 bits per heavy atom. The van der Waals surface area contributed by atoms with Gasteiger partial charge in [-0.25, -0.2) is 4.99 Å². The van der Waals surface area contributed by atoms with Crippen molar-refractivity contribution in [1.82, 2.24) is 4.90 Å². The van der Waals surface area contributed by atoms with Gasteiger partial charge in [0.2, 0.25) is 0 Å². The van der Waals surface area contributed by atoms with Gasteiger partial charge in [0.15, 0.2) is 16.7 Å². The third-order valence-corrected chi connectivity index (χ3v) is 6.85. The van der Waals surface area contributed by atoms with Crippen molar-refractivity contribution in [3.8, 4) is 11.5 Å². The van der Waals surface area contributed by atoms with E-state index in [4.69, 9.17) is 21.1 Å². The highest BCUT2D eigenvalue weighted by molar-refractivity contribution is 9.10. The number of aliphatic imine (C=N–C) groups is 1. The Bertz CT molecular complexity index is 1030. The van der Waals surface area contributed by atoms with E-state index in [0.29, 0.717) is 38.9 Å². The Hall–Kier alpha value is -1.48. The summed E-state index contributed by atoms with van der Waals surface area (Å²) >= 11 is 14.3. The van der Waals surface area contributed by atoms with Crippen LogP contribution in [0.3, 0.4) is 0 Å². The monoisotopic (exact) mass is 558 g/mol. The molecule has 0 aromatic heterocycles. The van der Waals surface area contributed by atoms with Gasteiger partial charge in [-0.1, -0.05) is 11.6 Å². The lowest BCUT2D eigenvalue weighted by Gasteiger charge is -2.12. The van der Waals surface area contributed by atoms with Crippen LogP contribution < -0.4 is 9.47 Å². The van der Waals surface area contributed by atoms with Crippen LogP contribution in [0.1, 0.15) is 12.5 Å². The van der Waals surface area contributed by atoms with Gasteiger partial charge in [-0.2, -0.15) is 0 Å². The van der Waals surface area contributed by atoms with Crippen molar-refractivity contribution in [3.63, 3.8) is 0 Å². The van der Waals surface area contributed by atoms with Crippen LogP contribution in [0.15, 0.2) is 49.2 Å². The number of hydrogen-bond donors (Lipinski definition) is 0. The van der Waals surface area contributed by atoms with Gasteiger partial charge in [0.05, 0.1) is 33.8 Å². The van der Waals surface area contributed by atoms with Crippen molar-refractivity contribution in [3.05, 3.63) is 54.8 Å². The number of halogens is 3. The number of likely N-dealkylation sites (N-methyl/N-ethyl adjacent to an activating group) is 1. The number of nitrogens with zero attached hydrogens (tertiary/aromatic N) is 2. The molecule has 1 fully saturated rings. The number of carbonyl (C=O) groups is 1. The smallest absolute Gasteiger partial charge is 0.266 e. The number of benzene rings is 2. The highest BCUT2D eigenvalue weighted by atomic mass is 79.9. The fourth-order valence-corrected chi connectivity index (χ4v) is 4.63. The molecule has 2 aromatic carbocycles. The summed E-state index contributed by atoms with van der Waals surface area (Å²) in [4.78, 5) is 19.4. The van der Waals surface area contributed by atoms with Gasteiger partial charge in [-0.15, -0.1) is 0 Å². The first-order valence-corrected chi connectivity index (χ1v) is 11.3. The van der Waals surface area contributed by atoms with Crippen molar-refractivity contribution in [2.45, 2.75) is 6.92 Å². The van der Waals surface area contributed by atoms with Crippen LogP contribution in [-0.4, -0.2) is 36.7 Å². The average Bonchev–Trinajstić information content (AvgIpc) is 2.93.